The minimum absolute atomic E-state index is 0.242. The van der Waals surface area contributed by atoms with Crippen LogP contribution in [0.3, 0.4) is 0 Å². The van der Waals surface area contributed by atoms with Crippen molar-refractivity contribution in [1.82, 2.24) is 0 Å². The van der Waals surface area contributed by atoms with Gasteiger partial charge in [0, 0.05) is 0 Å². The van der Waals surface area contributed by atoms with Gasteiger partial charge in [-0.25, -0.2) is 4.79 Å². The highest BCUT2D eigenvalue weighted by molar-refractivity contribution is 5.68. The highest BCUT2D eigenvalue weighted by Gasteiger charge is 2.30. The van der Waals surface area contributed by atoms with Gasteiger partial charge < -0.3 is 14.6 Å². The second-order valence-corrected chi connectivity index (χ2v) is 6.86. The van der Waals surface area contributed by atoms with Crippen LogP contribution >= 0.6 is 0 Å². The maximum atomic E-state index is 10.5. The SMILES string of the molecule is CC(C)CC(C)C(C)(C)OCC(C)(C)OCC(=O)O. The van der Waals surface area contributed by atoms with E-state index in [-0.39, 0.29) is 12.2 Å². The van der Waals surface area contributed by atoms with Crippen LogP contribution in [0.15, 0.2) is 0 Å². The van der Waals surface area contributed by atoms with Gasteiger partial charge in [0.1, 0.15) is 6.61 Å². The van der Waals surface area contributed by atoms with Crippen molar-refractivity contribution in [2.24, 2.45) is 11.8 Å². The summed E-state index contributed by atoms with van der Waals surface area (Å²) in [5.74, 6) is 0.109. The molecule has 0 aromatic carbocycles. The molecule has 114 valence electrons. The van der Waals surface area contributed by atoms with Crippen molar-refractivity contribution in [2.45, 2.75) is 66.1 Å². The fraction of sp³-hybridized carbons (Fsp3) is 0.933. The first kappa shape index (κ1) is 18.4. The Labute approximate surface area is 117 Å². The molecule has 0 aromatic heterocycles. The molecule has 0 saturated carbocycles. The van der Waals surface area contributed by atoms with E-state index in [0.29, 0.717) is 18.4 Å². The van der Waals surface area contributed by atoms with E-state index in [2.05, 4.69) is 34.6 Å². The van der Waals surface area contributed by atoms with E-state index in [1.54, 1.807) is 0 Å². The van der Waals surface area contributed by atoms with Crippen molar-refractivity contribution in [1.29, 1.82) is 0 Å². The van der Waals surface area contributed by atoms with Crippen molar-refractivity contribution in [2.75, 3.05) is 13.2 Å². The molecule has 0 heterocycles. The predicted octanol–water partition coefficient (Wildman–Crippen LogP) is 3.34. The topological polar surface area (TPSA) is 55.8 Å². The van der Waals surface area contributed by atoms with Crippen LogP contribution in [0, 0.1) is 11.8 Å². The third-order valence-corrected chi connectivity index (χ3v) is 3.39. The van der Waals surface area contributed by atoms with Gasteiger partial charge in [-0.15, -0.1) is 0 Å². The third-order valence-electron chi connectivity index (χ3n) is 3.39. The molecular weight excluding hydrogens is 244 g/mol. The zero-order valence-corrected chi connectivity index (χ0v) is 13.4. The van der Waals surface area contributed by atoms with E-state index in [1.807, 2.05) is 13.8 Å². The molecule has 19 heavy (non-hydrogen) atoms. The molecule has 0 saturated heterocycles. The Kier molecular flexibility index (Phi) is 7.01. The van der Waals surface area contributed by atoms with Gasteiger partial charge >= 0.3 is 5.97 Å². The van der Waals surface area contributed by atoms with Crippen LogP contribution in [0.25, 0.3) is 0 Å². The molecule has 0 spiro atoms. The van der Waals surface area contributed by atoms with Gasteiger partial charge in [-0.05, 0) is 46.0 Å². The predicted molar refractivity (Wildman–Crippen MR) is 76.3 cm³/mol. The molecule has 1 atom stereocenters. The van der Waals surface area contributed by atoms with Crippen LogP contribution in [-0.2, 0) is 14.3 Å². The number of hydrogen-bond acceptors (Lipinski definition) is 3. The lowest BCUT2D eigenvalue weighted by molar-refractivity contribution is -0.161. The zero-order chi connectivity index (χ0) is 15.3. The average molecular weight is 274 g/mol. The Balaban J connectivity index is 4.31. The first-order valence-electron chi connectivity index (χ1n) is 6.96. The van der Waals surface area contributed by atoms with E-state index < -0.39 is 11.6 Å². The largest absolute Gasteiger partial charge is 0.480 e. The fourth-order valence-electron chi connectivity index (χ4n) is 1.79. The summed E-state index contributed by atoms with van der Waals surface area (Å²) in [7, 11) is 0. The van der Waals surface area contributed by atoms with Crippen LogP contribution in [0.5, 0.6) is 0 Å². The lowest BCUT2D eigenvalue weighted by Crippen LogP contribution is -2.41. The van der Waals surface area contributed by atoms with Crippen molar-refractivity contribution < 1.29 is 19.4 Å². The van der Waals surface area contributed by atoms with Crippen molar-refractivity contribution in [3.63, 3.8) is 0 Å². The Morgan fingerprint density at radius 1 is 1.11 bits per heavy atom. The summed E-state index contributed by atoms with van der Waals surface area (Å²) in [6.45, 7) is 14.5. The number of rotatable bonds is 9. The minimum Gasteiger partial charge on any atom is -0.480 e. The number of hydrogen-bond donors (Lipinski definition) is 1. The third kappa shape index (κ3) is 8.22. The van der Waals surface area contributed by atoms with Gasteiger partial charge in [-0.2, -0.15) is 0 Å². The van der Waals surface area contributed by atoms with Crippen molar-refractivity contribution >= 4 is 5.97 Å². The molecule has 0 fully saturated rings. The second-order valence-electron chi connectivity index (χ2n) is 6.86. The summed E-state index contributed by atoms with van der Waals surface area (Å²) in [5.41, 5.74) is -0.832. The molecular formula is C15H30O4. The lowest BCUT2D eigenvalue weighted by atomic mass is 9.85. The van der Waals surface area contributed by atoms with E-state index >= 15 is 0 Å². The molecule has 4 heteroatoms. The molecule has 0 bridgehead atoms. The van der Waals surface area contributed by atoms with Gasteiger partial charge in [0.2, 0.25) is 0 Å². The fourth-order valence-corrected chi connectivity index (χ4v) is 1.79. The van der Waals surface area contributed by atoms with E-state index in [4.69, 9.17) is 14.6 Å². The highest BCUT2D eigenvalue weighted by atomic mass is 16.6. The van der Waals surface area contributed by atoms with Gasteiger partial charge in [0.15, 0.2) is 0 Å². The summed E-state index contributed by atoms with van der Waals surface area (Å²) in [6, 6.07) is 0. The lowest BCUT2D eigenvalue weighted by Gasteiger charge is -2.36. The molecule has 0 aliphatic heterocycles. The summed E-state index contributed by atoms with van der Waals surface area (Å²) in [5, 5.41) is 8.63. The summed E-state index contributed by atoms with van der Waals surface area (Å²) in [4.78, 5) is 10.5. The van der Waals surface area contributed by atoms with Crippen LogP contribution < -0.4 is 0 Å². The molecule has 1 N–H and O–H groups in total. The quantitative estimate of drug-likeness (QED) is 0.700. The Bertz CT molecular complexity index is 282. The Morgan fingerprint density at radius 3 is 2.05 bits per heavy atom. The molecule has 0 amide bonds. The standard InChI is InChI=1S/C15H30O4/c1-11(2)8-12(3)15(6,7)19-10-14(4,5)18-9-13(16)17/h11-12H,8-10H2,1-7H3,(H,16,17). The van der Waals surface area contributed by atoms with Crippen LogP contribution in [0.2, 0.25) is 0 Å². The molecule has 0 aliphatic rings. The number of aliphatic carboxylic acids is 1. The summed E-state index contributed by atoms with van der Waals surface area (Å²) < 4.78 is 11.3. The first-order valence-corrected chi connectivity index (χ1v) is 6.96. The maximum absolute atomic E-state index is 10.5. The molecule has 1 unspecified atom stereocenters. The zero-order valence-electron chi connectivity index (χ0n) is 13.4. The smallest absolute Gasteiger partial charge is 0.329 e. The van der Waals surface area contributed by atoms with Gasteiger partial charge in [-0.3, -0.25) is 0 Å². The number of ether oxygens (including phenoxy) is 2. The van der Waals surface area contributed by atoms with Crippen LogP contribution in [0.1, 0.15) is 54.9 Å². The minimum atomic E-state index is -0.958. The first-order chi connectivity index (χ1) is 8.46. The second kappa shape index (κ2) is 7.25. The van der Waals surface area contributed by atoms with Crippen molar-refractivity contribution in [3.05, 3.63) is 0 Å². The normalized spacial score (nSPS) is 14.7. The van der Waals surface area contributed by atoms with E-state index in [9.17, 15) is 4.79 Å². The number of carboxylic acids is 1. The van der Waals surface area contributed by atoms with Crippen molar-refractivity contribution in [3.8, 4) is 0 Å². The highest BCUT2D eigenvalue weighted by Crippen LogP contribution is 2.28. The average Bonchev–Trinajstić information content (AvgIpc) is 2.23. The molecule has 4 nitrogen and oxygen atoms in total. The summed E-state index contributed by atoms with van der Waals surface area (Å²) in [6.07, 6.45) is 1.10. The number of carboxylic acid groups (broad SMARTS) is 1. The van der Waals surface area contributed by atoms with Crippen LogP contribution in [0.4, 0.5) is 0 Å². The van der Waals surface area contributed by atoms with Gasteiger partial charge in [0.05, 0.1) is 17.8 Å². The molecule has 0 aromatic rings. The van der Waals surface area contributed by atoms with Gasteiger partial charge in [-0.1, -0.05) is 20.8 Å². The van der Waals surface area contributed by atoms with E-state index in [0.717, 1.165) is 6.42 Å². The monoisotopic (exact) mass is 274 g/mol. The van der Waals surface area contributed by atoms with Crippen LogP contribution in [-0.4, -0.2) is 35.5 Å². The van der Waals surface area contributed by atoms with E-state index in [1.165, 1.54) is 0 Å². The Morgan fingerprint density at radius 2 is 1.63 bits per heavy atom. The van der Waals surface area contributed by atoms with Gasteiger partial charge in [0.25, 0.3) is 0 Å². The molecule has 0 radical (unpaired) electrons. The number of carbonyl (C=O) groups is 1. The Hall–Kier alpha value is -0.610. The summed E-state index contributed by atoms with van der Waals surface area (Å²) >= 11 is 0. The molecule has 0 aliphatic carbocycles. The maximum Gasteiger partial charge on any atom is 0.329 e. The molecule has 0 rings (SSSR count).